The monoisotopic (exact) mass is 286 g/mol. The molecule has 1 fully saturated rings. The molecule has 0 saturated carbocycles. The van der Waals surface area contributed by atoms with E-state index in [1.165, 1.54) is 18.4 Å². The van der Waals surface area contributed by atoms with Gasteiger partial charge in [0.25, 0.3) is 0 Å². The number of rotatable bonds is 4. The standard InChI is InChI=1S/C12H18N2O4S/c1-8-4-14(5-10(6-15)18-8)12-13-9(7-19-12)3-11(16)17-2/h7-8,10,15H,3-6H2,1-2H3. The average Bonchev–Trinajstić information content (AvgIpc) is 2.86. The molecule has 0 spiro atoms. The Labute approximate surface area is 116 Å². The van der Waals surface area contributed by atoms with Crippen LogP contribution in [0.1, 0.15) is 12.6 Å². The molecule has 2 rings (SSSR count). The van der Waals surface area contributed by atoms with E-state index in [9.17, 15) is 9.90 Å². The van der Waals surface area contributed by atoms with Gasteiger partial charge in [-0.2, -0.15) is 0 Å². The lowest BCUT2D eigenvalue weighted by atomic mass is 10.2. The summed E-state index contributed by atoms with van der Waals surface area (Å²) in [5.41, 5.74) is 0.714. The minimum absolute atomic E-state index is 0.00122. The van der Waals surface area contributed by atoms with Gasteiger partial charge in [0.15, 0.2) is 5.13 Å². The van der Waals surface area contributed by atoms with Crippen molar-refractivity contribution in [3.8, 4) is 0 Å². The Morgan fingerprint density at radius 3 is 3.16 bits per heavy atom. The first-order valence-electron chi connectivity index (χ1n) is 6.15. The van der Waals surface area contributed by atoms with Crippen LogP contribution in [0.25, 0.3) is 0 Å². The third kappa shape index (κ3) is 3.65. The smallest absolute Gasteiger partial charge is 0.311 e. The van der Waals surface area contributed by atoms with Crippen LogP contribution in [0, 0.1) is 0 Å². The second-order valence-corrected chi connectivity index (χ2v) is 5.37. The number of aliphatic hydroxyl groups is 1. The molecule has 2 unspecified atom stereocenters. The number of methoxy groups -OCH3 is 1. The number of hydrogen-bond donors (Lipinski definition) is 1. The summed E-state index contributed by atoms with van der Waals surface area (Å²) >= 11 is 1.49. The lowest BCUT2D eigenvalue weighted by Crippen LogP contribution is -2.48. The van der Waals surface area contributed by atoms with Crippen molar-refractivity contribution in [2.24, 2.45) is 0 Å². The highest BCUT2D eigenvalue weighted by atomic mass is 32.1. The Kier molecular flexibility index (Phi) is 4.73. The highest BCUT2D eigenvalue weighted by Gasteiger charge is 2.26. The van der Waals surface area contributed by atoms with Gasteiger partial charge >= 0.3 is 5.97 Å². The van der Waals surface area contributed by atoms with E-state index in [-0.39, 0.29) is 31.2 Å². The summed E-state index contributed by atoms with van der Waals surface area (Å²) in [5.74, 6) is -0.291. The van der Waals surface area contributed by atoms with E-state index in [4.69, 9.17) is 4.74 Å². The molecule has 2 heterocycles. The zero-order valence-electron chi connectivity index (χ0n) is 11.0. The number of morpholine rings is 1. The van der Waals surface area contributed by atoms with Crippen molar-refractivity contribution in [2.45, 2.75) is 25.6 Å². The van der Waals surface area contributed by atoms with E-state index in [0.29, 0.717) is 12.2 Å². The topological polar surface area (TPSA) is 71.9 Å². The van der Waals surface area contributed by atoms with E-state index in [1.807, 2.05) is 12.3 Å². The second kappa shape index (κ2) is 6.31. The van der Waals surface area contributed by atoms with Gasteiger partial charge in [0.1, 0.15) is 0 Å². The molecule has 1 aromatic heterocycles. The molecule has 2 atom stereocenters. The van der Waals surface area contributed by atoms with E-state index >= 15 is 0 Å². The Hall–Kier alpha value is -1.18. The quantitative estimate of drug-likeness (QED) is 0.810. The minimum atomic E-state index is -0.291. The maximum atomic E-state index is 11.2. The first kappa shape index (κ1) is 14.2. The van der Waals surface area contributed by atoms with Crippen molar-refractivity contribution in [2.75, 3.05) is 31.7 Å². The van der Waals surface area contributed by atoms with E-state index in [2.05, 4.69) is 14.6 Å². The molecule has 1 aliphatic heterocycles. The number of thiazole rings is 1. The third-order valence-corrected chi connectivity index (χ3v) is 3.84. The van der Waals surface area contributed by atoms with Crippen LogP contribution < -0.4 is 4.90 Å². The number of hydrogen-bond acceptors (Lipinski definition) is 7. The molecule has 1 aliphatic rings. The van der Waals surface area contributed by atoms with Crippen molar-refractivity contribution in [3.05, 3.63) is 11.1 Å². The summed E-state index contributed by atoms with van der Waals surface area (Å²) in [7, 11) is 1.37. The van der Waals surface area contributed by atoms with Gasteiger partial charge < -0.3 is 19.5 Å². The number of esters is 1. The van der Waals surface area contributed by atoms with Crippen molar-refractivity contribution < 1.29 is 19.4 Å². The Morgan fingerprint density at radius 1 is 1.68 bits per heavy atom. The highest BCUT2D eigenvalue weighted by molar-refractivity contribution is 7.13. The van der Waals surface area contributed by atoms with E-state index in [0.717, 1.165) is 11.7 Å². The Morgan fingerprint density at radius 2 is 2.47 bits per heavy atom. The van der Waals surface area contributed by atoms with Crippen molar-refractivity contribution in [3.63, 3.8) is 0 Å². The maximum Gasteiger partial charge on any atom is 0.311 e. The van der Waals surface area contributed by atoms with Crippen LogP contribution >= 0.6 is 11.3 Å². The zero-order chi connectivity index (χ0) is 13.8. The molecule has 1 saturated heterocycles. The van der Waals surface area contributed by atoms with Gasteiger partial charge in [0.05, 0.1) is 38.0 Å². The van der Waals surface area contributed by atoms with Gasteiger partial charge in [-0.25, -0.2) is 4.98 Å². The molecular weight excluding hydrogens is 268 g/mol. The van der Waals surface area contributed by atoms with Crippen LogP contribution in [-0.2, 0) is 20.7 Å². The highest BCUT2D eigenvalue weighted by Crippen LogP contribution is 2.24. The number of anilines is 1. The fourth-order valence-electron chi connectivity index (χ4n) is 2.05. The Bertz CT molecular complexity index is 437. The van der Waals surface area contributed by atoms with Gasteiger partial charge in [0.2, 0.25) is 0 Å². The Balaban J connectivity index is 2.03. The number of ether oxygens (including phenoxy) is 2. The van der Waals surface area contributed by atoms with E-state index in [1.54, 1.807) is 0 Å². The molecule has 0 aliphatic carbocycles. The molecular formula is C12H18N2O4S. The summed E-state index contributed by atoms with van der Waals surface area (Å²) in [5, 5.41) is 11.9. The average molecular weight is 286 g/mol. The molecule has 106 valence electrons. The zero-order valence-corrected chi connectivity index (χ0v) is 11.9. The first-order chi connectivity index (χ1) is 9.12. The third-order valence-electron chi connectivity index (χ3n) is 2.89. The van der Waals surface area contributed by atoms with Gasteiger partial charge in [-0.3, -0.25) is 4.79 Å². The van der Waals surface area contributed by atoms with Gasteiger partial charge in [-0.15, -0.1) is 11.3 Å². The predicted molar refractivity (Wildman–Crippen MR) is 71.5 cm³/mol. The fourth-order valence-corrected chi connectivity index (χ4v) is 2.89. The molecule has 19 heavy (non-hydrogen) atoms. The molecule has 0 amide bonds. The number of carbonyl (C=O) groups excluding carboxylic acids is 1. The summed E-state index contributed by atoms with van der Waals surface area (Å²) in [4.78, 5) is 17.7. The summed E-state index contributed by atoms with van der Waals surface area (Å²) in [6, 6.07) is 0. The van der Waals surface area contributed by atoms with Crippen LogP contribution in [0.5, 0.6) is 0 Å². The second-order valence-electron chi connectivity index (χ2n) is 4.53. The number of aliphatic hydroxyl groups excluding tert-OH is 1. The SMILES string of the molecule is COC(=O)Cc1csc(N2CC(C)OC(CO)C2)n1. The summed E-state index contributed by atoms with van der Waals surface area (Å²) < 4.78 is 10.2. The van der Waals surface area contributed by atoms with Gasteiger partial charge in [-0.1, -0.05) is 0 Å². The largest absolute Gasteiger partial charge is 0.469 e. The van der Waals surface area contributed by atoms with Crippen LogP contribution in [-0.4, -0.2) is 55.1 Å². The van der Waals surface area contributed by atoms with Crippen LogP contribution in [0.3, 0.4) is 0 Å². The molecule has 6 nitrogen and oxygen atoms in total. The van der Waals surface area contributed by atoms with Crippen molar-refractivity contribution >= 4 is 22.4 Å². The minimum Gasteiger partial charge on any atom is -0.469 e. The van der Waals surface area contributed by atoms with Crippen LogP contribution in [0.15, 0.2) is 5.38 Å². The van der Waals surface area contributed by atoms with Crippen LogP contribution in [0.2, 0.25) is 0 Å². The maximum absolute atomic E-state index is 11.2. The molecule has 0 bridgehead atoms. The molecule has 1 aromatic rings. The van der Waals surface area contributed by atoms with Gasteiger partial charge in [-0.05, 0) is 6.92 Å². The number of aromatic nitrogens is 1. The molecule has 7 heteroatoms. The van der Waals surface area contributed by atoms with Gasteiger partial charge in [0, 0.05) is 18.5 Å². The van der Waals surface area contributed by atoms with Crippen LogP contribution in [0.4, 0.5) is 5.13 Å². The summed E-state index contributed by atoms with van der Waals surface area (Å²) in [6.07, 6.45) is 0.0617. The molecule has 0 radical (unpaired) electrons. The van der Waals surface area contributed by atoms with Crippen molar-refractivity contribution in [1.82, 2.24) is 4.98 Å². The normalized spacial score (nSPS) is 23.4. The molecule has 0 aromatic carbocycles. The summed E-state index contributed by atoms with van der Waals surface area (Å²) in [6.45, 7) is 3.33. The predicted octanol–water partition coefficient (Wildman–Crippen LogP) is 0.445. The first-order valence-corrected chi connectivity index (χ1v) is 7.02. The van der Waals surface area contributed by atoms with E-state index < -0.39 is 0 Å². The van der Waals surface area contributed by atoms with Crippen molar-refractivity contribution in [1.29, 1.82) is 0 Å². The molecule has 1 N–H and O–H groups in total. The lowest BCUT2D eigenvalue weighted by Gasteiger charge is -2.35. The number of nitrogens with zero attached hydrogens (tertiary/aromatic N) is 2. The number of carbonyl (C=O) groups is 1. The lowest BCUT2D eigenvalue weighted by molar-refractivity contribution is -0.139. The fraction of sp³-hybridized carbons (Fsp3) is 0.667.